The van der Waals surface area contributed by atoms with Crippen molar-refractivity contribution in [1.29, 1.82) is 0 Å². The van der Waals surface area contributed by atoms with E-state index in [2.05, 4.69) is 36.6 Å². The smallest absolute Gasteiger partial charge is 0.265 e. The molecule has 2 aromatic rings. The van der Waals surface area contributed by atoms with Crippen molar-refractivity contribution >= 4 is 15.9 Å². The molecule has 0 aliphatic carbocycles. The van der Waals surface area contributed by atoms with Gasteiger partial charge >= 0.3 is 0 Å². The fourth-order valence-electron chi connectivity index (χ4n) is 1.03. The van der Waals surface area contributed by atoms with Crippen molar-refractivity contribution in [2.75, 3.05) is 0 Å². The lowest BCUT2D eigenvalue weighted by Crippen LogP contribution is -2.20. The molecule has 2 heterocycles. The molecular formula is C7H6BrN5O. The molecule has 0 atom stereocenters. The summed E-state index contributed by atoms with van der Waals surface area (Å²) in [5.41, 5.74) is -0.114. The molecule has 6 nitrogen and oxygen atoms in total. The molecule has 72 valence electrons. The van der Waals surface area contributed by atoms with Gasteiger partial charge in [0.2, 0.25) is 0 Å². The van der Waals surface area contributed by atoms with Crippen LogP contribution >= 0.6 is 15.9 Å². The predicted octanol–water partition coefficient (Wildman–Crippen LogP) is 0.172. The van der Waals surface area contributed by atoms with Gasteiger partial charge in [0.25, 0.3) is 5.56 Å². The van der Waals surface area contributed by atoms with Crippen LogP contribution in [-0.2, 0) is 6.54 Å². The highest BCUT2D eigenvalue weighted by atomic mass is 79.9. The number of rotatable bonds is 2. The van der Waals surface area contributed by atoms with Crippen molar-refractivity contribution < 1.29 is 0 Å². The first-order chi connectivity index (χ1) is 6.77. The Morgan fingerprint density at radius 2 is 2.43 bits per heavy atom. The third kappa shape index (κ3) is 1.72. The molecule has 0 aromatic carbocycles. The minimum Gasteiger partial charge on any atom is -0.307 e. The molecule has 2 aromatic heterocycles. The standard InChI is InChI=1S/C7H6BrN5O/c8-5-2-1-3-13(7(5)14)4-6-9-11-12-10-6/h1-3H,4H2,(H,9,10,11,12). The van der Waals surface area contributed by atoms with E-state index in [9.17, 15) is 4.79 Å². The first-order valence-electron chi connectivity index (χ1n) is 3.84. The second-order valence-electron chi connectivity index (χ2n) is 2.62. The van der Waals surface area contributed by atoms with Crippen LogP contribution in [0.4, 0.5) is 0 Å². The van der Waals surface area contributed by atoms with E-state index in [1.165, 1.54) is 4.57 Å². The molecule has 0 fully saturated rings. The zero-order valence-electron chi connectivity index (χ0n) is 7.01. The van der Waals surface area contributed by atoms with Crippen molar-refractivity contribution in [3.8, 4) is 0 Å². The molecule has 0 bridgehead atoms. The Morgan fingerprint density at radius 1 is 1.57 bits per heavy atom. The first-order valence-corrected chi connectivity index (χ1v) is 4.64. The van der Waals surface area contributed by atoms with E-state index in [-0.39, 0.29) is 5.56 Å². The number of aromatic amines is 1. The third-order valence-electron chi connectivity index (χ3n) is 1.67. The molecule has 0 amide bonds. The summed E-state index contributed by atoms with van der Waals surface area (Å²) in [4.78, 5) is 11.5. The summed E-state index contributed by atoms with van der Waals surface area (Å²) in [7, 11) is 0. The normalized spacial score (nSPS) is 10.4. The summed E-state index contributed by atoms with van der Waals surface area (Å²) in [5.74, 6) is 0.477. The van der Waals surface area contributed by atoms with Crippen LogP contribution in [0.15, 0.2) is 27.6 Å². The summed E-state index contributed by atoms with van der Waals surface area (Å²) in [6.45, 7) is 0.314. The predicted molar refractivity (Wildman–Crippen MR) is 51.7 cm³/mol. The number of H-pyrrole nitrogens is 1. The molecular weight excluding hydrogens is 250 g/mol. The van der Waals surface area contributed by atoms with E-state index >= 15 is 0 Å². The van der Waals surface area contributed by atoms with Crippen LogP contribution in [-0.4, -0.2) is 25.2 Å². The van der Waals surface area contributed by atoms with E-state index in [0.717, 1.165) is 0 Å². The van der Waals surface area contributed by atoms with Gasteiger partial charge in [-0.25, -0.2) is 0 Å². The maximum absolute atomic E-state index is 11.5. The van der Waals surface area contributed by atoms with E-state index < -0.39 is 0 Å². The van der Waals surface area contributed by atoms with Crippen molar-refractivity contribution in [3.05, 3.63) is 39.0 Å². The average molecular weight is 256 g/mol. The van der Waals surface area contributed by atoms with Crippen LogP contribution < -0.4 is 5.56 Å². The van der Waals surface area contributed by atoms with Gasteiger partial charge in [-0.1, -0.05) is 5.21 Å². The van der Waals surface area contributed by atoms with Crippen LogP contribution in [0.1, 0.15) is 5.82 Å². The zero-order chi connectivity index (χ0) is 9.97. The summed E-state index contributed by atoms with van der Waals surface area (Å²) in [6.07, 6.45) is 1.67. The minimum atomic E-state index is -0.114. The monoisotopic (exact) mass is 255 g/mol. The molecule has 2 rings (SSSR count). The summed E-state index contributed by atoms with van der Waals surface area (Å²) in [5, 5.41) is 13.3. The van der Waals surface area contributed by atoms with Crippen LogP contribution in [0.25, 0.3) is 0 Å². The van der Waals surface area contributed by atoms with E-state index in [4.69, 9.17) is 0 Å². The molecule has 0 saturated heterocycles. The molecule has 7 heteroatoms. The number of hydrogen-bond donors (Lipinski definition) is 1. The second kappa shape index (κ2) is 3.70. The molecule has 1 N–H and O–H groups in total. The molecule has 0 saturated carbocycles. The van der Waals surface area contributed by atoms with Gasteiger partial charge in [-0.05, 0) is 28.1 Å². The van der Waals surface area contributed by atoms with Crippen molar-refractivity contribution in [2.45, 2.75) is 6.54 Å². The Kier molecular flexibility index (Phi) is 2.40. The van der Waals surface area contributed by atoms with Gasteiger partial charge in [0, 0.05) is 6.20 Å². The van der Waals surface area contributed by atoms with Crippen LogP contribution in [0, 0.1) is 0 Å². The van der Waals surface area contributed by atoms with Crippen molar-refractivity contribution in [2.24, 2.45) is 0 Å². The minimum absolute atomic E-state index is 0.114. The number of halogens is 1. The molecule has 14 heavy (non-hydrogen) atoms. The van der Waals surface area contributed by atoms with E-state index in [0.29, 0.717) is 16.8 Å². The molecule has 0 unspecified atom stereocenters. The van der Waals surface area contributed by atoms with Crippen molar-refractivity contribution in [3.63, 3.8) is 0 Å². The van der Waals surface area contributed by atoms with Gasteiger partial charge in [-0.15, -0.1) is 10.2 Å². The summed E-state index contributed by atoms with van der Waals surface area (Å²) in [6, 6.07) is 3.46. The molecule has 0 aliphatic heterocycles. The highest BCUT2D eigenvalue weighted by Gasteiger charge is 2.03. The lowest BCUT2D eigenvalue weighted by molar-refractivity contribution is 0.713. The Morgan fingerprint density at radius 3 is 3.14 bits per heavy atom. The Bertz CT molecular complexity index is 477. The van der Waals surface area contributed by atoms with E-state index in [1.807, 2.05) is 0 Å². The average Bonchev–Trinajstić information content (AvgIpc) is 2.66. The quantitative estimate of drug-likeness (QED) is 0.831. The molecule has 0 spiro atoms. The maximum atomic E-state index is 11.5. The Balaban J connectivity index is 2.34. The number of nitrogens with zero attached hydrogens (tertiary/aromatic N) is 4. The number of nitrogens with one attached hydrogen (secondary N) is 1. The fraction of sp³-hybridized carbons (Fsp3) is 0.143. The summed E-state index contributed by atoms with van der Waals surface area (Å²) >= 11 is 3.15. The lowest BCUT2D eigenvalue weighted by atomic mass is 10.4. The van der Waals surface area contributed by atoms with Gasteiger partial charge in [-0.3, -0.25) is 4.79 Å². The SMILES string of the molecule is O=c1c(Br)cccn1Cc1nn[nH]n1. The van der Waals surface area contributed by atoms with Crippen molar-refractivity contribution in [1.82, 2.24) is 25.2 Å². The second-order valence-corrected chi connectivity index (χ2v) is 3.47. The first kappa shape index (κ1) is 9.07. The number of tetrazole rings is 1. The highest BCUT2D eigenvalue weighted by Crippen LogP contribution is 2.01. The van der Waals surface area contributed by atoms with Gasteiger partial charge in [0.1, 0.15) is 0 Å². The Hall–Kier alpha value is -1.50. The summed E-state index contributed by atoms with van der Waals surface area (Å²) < 4.78 is 2.01. The van der Waals surface area contributed by atoms with Crippen LogP contribution in [0.5, 0.6) is 0 Å². The maximum Gasteiger partial charge on any atom is 0.265 e. The number of aromatic nitrogens is 5. The van der Waals surface area contributed by atoms with E-state index in [1.54, 1.807) is 18.3 Å². The number of hydrogen-bond acceptors (Lipinski definition) is 4. The van der Waals surface area contributed by atoms with Gasteiger partial charge in [-0.2, -0.15) is 5.21 Å². The fourth-order valence-corrected chi connectivity index (χ4v) is 1.41. The number of pyridine rings is 1. The van der Waals surface area contributed by atoms with Crippen LogP contribution in [0.3, 0.4) is 0 Å². The Labute approximate surface area is 87.1 Å². The van der Waals surface area contributed by atoms with Crippen LogP contribution in [0.2, 0.25) is 0 Å². The van der Waals surface area contributed by atoms with Gasteiger partial charge < -0.3 is 4.57 Å². The zero-order valence-corrected chi connectivity index (χ0v) is 8.60. The van der Waals surface area contributed by atoms with Gasteiger partial charge in [0.15, 0.2) is 5.82 Å². The molecule has 0 radical (unpaired) electrons. The lowest BCUT2D eigenvalue weighted by Gasteiger charge is -2.01. The van der Waals surface area contributed by atoms with Gasteiger partial charge in [0.05, 0.1) is 11.0 Å². The third-order valence-corrected chi connectivity index (χ3v) is 2.28. The highest BCUT2D eigenvalue weighted by molar-refractivity contribution is 9.10. The topological polar surface area (TPSA) is 76.5 Å². The largest absolute Gasteiger partial charge is 0.307 e. The molecule has 0 aliphatic rings.